The Morgan fingerprint density at radius 1 is 1.19 bits per heavy atom. The summed E-state index contributed by atoms with van der Waals surface area (Å²) in [5, 5.41) is 0. The van der Waals surface area contributed by atoms with Gasteiger partial charge < -0.3 is 10.5 Å². The standard InChI is InChI=1S/C13H14N2O/c1-2-16-13-6-4-3-5-10(13)11-9-15-8-7-12(11)14/h3-9H,2H2,1H3,(H2,14,15). The first kappa shape index (κ1) is 10.5. The number of hydrogen-bond acceptors (Lipinski definition) is 3. The topological polar surface area (TPSA) is 48.1 Å². The Kier molecular flexibility index (Phi) is 3.05. The molecule has 2 N–H and O–H groups in total. The zero-order valence-electron chi connectivity index (χ0n) is 9.18. The van der Waals surface area contributed by atoms with Crippen LogP contribution in [0.4, 0.5) is 5.69 Å². The first-order valence-electron chi connectivity index (χ1n) is 5.24. The molecule has 0 aliphatic rings. The van der Waals surface area contributed by atoms with Gasteiger partial charge in [0.2, 0.25) is 0 Å². The first-order chi connectivity index (χ1) is 7.83. The van der Waals surface area contributed by atoms with Gasteiger partial charge in [-0.3, -0.25) is 4.98 Å². The SMILES string of the molecule is CCOc1ccccc1-c1cnccc1N. The molecule has 0 fully saturated rings. The average Bonchev–Trinajstić information content (AvgIpc) is 2.31. The zero-order valence-corrected chi connectivity index (χ0v) is 9.18. The lowest BCUT2D eigenvalue weighted by Crippen LogP contribution is -1.96. The van der Waals surface area contributed by atoms with Gasteiger partial charge >= 0.3 is 0 Å². The first-order valence-corrected chi connectivity index (χ1v) is 5.24. The van der Waals surface area contributed by atoms with Crippen LogP contribution in [0.25, 0.3) is 11.1 Å². The Morgan fingerprint density at radius 3 is 2.75 bits per heavy atom. The molecule has 16 heavy (non-hydrogen) atoms. The number of rotatable bonds is 3. The number of para-hydroxylation sites is 1. The summed E-state index contributed by atoms with van der Waals surface area (Å²) in [4.78, 5) is 4.09. The maximum Gasteiger partial charge on any atom is 0.127 e. The van der Waals surface area contributed by atoms with Crippen LogP contribution in [-0.4, -0.2) is 11.6 Å². The Hall–Kier alpha value is -2.03. The van der Waals surface area contributed by atoms with Gasteiger partial charge in [-0.1, -0.05) is 18.2 Å². The van der Waals surface area contributed by atoms with Crippen LogP contribution < -0.4 is 10.5 Å². The molecule has 0 aliphatic heterocycles. The van der Waals surface area contributed by atoms with E-state index in [9.17, 15) is 0 Å². The largest absolute Gasteiger partial charge is 0.493 e. The van der Waals surface area contributed by atoms with Gasteiger partial charge in [0.15, 0.2) is 0 Å². The fraction of sp³-hybridized carbons (Fsp3) is 0.154. The maximum atomic E-state index is 5.92. The van der Waals surface area contributed by atoms with E-state index >= 15 is 0 Å². The Labute approximate surface area is 94.9 Å². The van der Waals surface area contributed by atoms with Crippen LogP contribution in [0.3, 0.4) is 0 Å². The zero-order chi connectivity index (χ0) is 11.4. The van der Waals surface area contributed by atoms with E-state index in [0.29, 0.717) is 12.3 Å². The number of nitrogens with zero attached hydrogens (tertiary/aromatic N) is 1. The van der Waals surface area contributed by atoms with Crippen molar-refractivity contribution in [3.8, 4) is 16.9 Å². The van der Waals surface area contributed by atoms with Gasteiger partial charge in [0, 0.05) is 29.2 Å². The third-order valence-electron chi connectivity index (χ3n) is 2.33. The van der Waals surface area contributed by atoms with E-state index in [2.05, 4.69) is 4.98 Å². The Balaban J connectivity index is 2.51. The molecule has 1 aromatic heterocycles. The number of ether oxygens (including phenoxy) is 1. The summed E-state index contributed by atoms with van der Waals surface area (Å²) < 4.78 is 5.56. The third kappa shape index (κ3) is 1.98. The lowest BCUT2D eigenvalue weighted by atomic mass is 10.1. The summed E-state index contributed by atoms with van der Waals surface area (Å²) in [5.41, 5.74) is 8.52. The molecule has 0 saturated carbocycles. The van der Waals surface area contributed by atoms with E-state index in [4.69, 9.17) is 10.5 Å². The molecule has 2 rings (SSSR count). The fourth-order valence-electron chi connectivity index (χ4n) is 1.60. The van der Waals surface area contributed by atoms with Gasteiger partial charge in [-0.15, -0.1) is 0 Å². The number of nitrogens with two attached hydrogens (primary N) is 1. The molecular weight excluding hydrogens is 200 g/mol. The lowest BCUT2D eigenvalue weighted by Gasteiger charge is -2.11. The number of hydrogen-bond donors (Lipinski definition) is 1. The lowest BCUT2D eigenvalue weighted by molar-refractivity contribution is 0.341. The van der Waals surface area contributed by atoms with Crippen molar-refractivity contribution in [3.05, 3.63) is 42.7 Å². The molecule has 0 saturated heterocycles. The van der Waals surface area contributed by atoms with Crippen molar-refractivity contribution in [2.24, 2.45) is 0 Å². The van der Waals surface area contributed by atoms with Crippen LogP contribution in [0.2, 0.25) is 0 Å². The Bertz CT molecular complexity index is 483. The molecule has 0 amide bonds. The van der Waals surface area contributed by atoms with E-state index in [0.717, 1.165) is 16.9 Å². The second kappa shape index (κ2) is 4.66. The van der Waals surface area contributed by atoms with E-state index in [-0.39, 0.29) is 0 Å². The predicted octanol–water partition coefficient (Wildman–Crippen LogP) is 2.73. The fourth-order valence-corrected chi connectivity index (χ4v) is 1.60. The summed E-state index contributed by atoms with van der Waals surface area (Å²) in [6.07, 6.45) is 3.44. The van der Waals surface area contributed by atoms with Crippen LogP contribution in [0.1, 0.15) is 6.92 Å². The summed E-state index contributed by atoms with van der Waals surface area (Å²) in [7, 11) is 0. The van der Waals surface area contributed by atoms with E-state index in [1.54, 1.807) is 18.5 Å². The highest BCUT2D eigenvalue weighted by Gasteiger charge is 2.07. The summed E-state index contributed by atoms with van der Waals surface area (Å²) in [6.45, 7) is 2.60. The molecule has 0 unspecified atom stereocenters. The van der Waals surface area contributed by atoms with Crippen molar-refractivity contribution >= 4 is 5.69 Å². The van der Waals surface area contributed by atoms with Crippen LogP contribution >= 0.6 is 0 Å². The molecule has 3 nitrogen and oxygen atoms in total. The van der Waals surface area contributed by atoms with Crippen molar-refractivity contribution in [1.82, 2.24) is 4.98 Å². The highest BCUT2D eigenvalue weighted by atomic mass is 16.5. The number of anilines is 1. The molecule has 3 heteroatoms. The van der Waals surface area contributed by atoms with E-state index in [1.165, 1.54) is 0 Å². The molecule has 2 aromatic rings. The molecule has 1 aromatic carbocycles. The predicted molar refractivity (Wildman–Crippen MR) is 65.3 cm³/mol. The molecule has 0 aliphatic carbocycles. The number of pyridine rings is 1. The number of aromatic nitrogens is 1. The monoisotopic (exact) mass is 214 g/mol. The molecule has 0 spiro atoms. The second-order valence-corrected chi connectivity index (χ2v) is 3.39. The van der Waals surface area contributed by atoms with Crippen molar-refractivity contribution in [1.29, 1.82) is 0 Å². The minimum absolute atomic E-state index is 0.636. The minimum Gasteiger partial charge on any atom is -0.493 e. The van der Waals surface area contributed by atoms with Gasteiger partial charge in [-0.25, -0.2) is 0 Å². The summed E-state index contributed by atoms with van der Waals surface area (Å²) in [6, 6.07) is 9.62. The molecule has 0 bridgehead atoms. The Morgan fingerprint density at radius 2 is 2.00 bits per heavy atom. The molecular formula is C13H14N2O. The highest BCUT2D eigenvalue weighted by molar-refractivity contribution is 5.79. The van der Waals surface area contributed by atoms with Crippen LogP contribution in [0.15, 0.2) is 42.7 Å². The maximum absolute atomic E-state index is 5.92. The molecule has 0 radical (unpaired) electrons. The van der Waals surface area contributed by atoms with Crippen molar-refractivity contribution in [3.63, 3.8) is 0 Å². The number of benzene rings is 1. The van der Waals surface area contributed by atoms with E-state index < -0.39 is 0 Å². The number of nitrogen functional groups attached to an aromatic ring is 1. The normalized spacial score (nSPS) is 10.1. The summed E-state index contributed by atoms with van der Waals surface area (Å²) in [5.74, 6) is 0.838. The minimum atomic E-state index is 0.636. The molecule has 1 heterocycles. The van der Waals surface area contributed by atoms with Gasteiger partial charge in [0.25, 0.3) is 0 Å². The summed E-state index contributed by atoms with van der Waals surface area (Å²) >= 11 is 0. The smallest absolute Gasteiger partial charge is 0.127 e. The van der Waals surface area contributed by atoms with Crippen LogP contribution in [0.5, 0.6) is 5.75 Å². The van der Waals surface area contributed by atoms with Crippen LogP contribution in [-0.2, 0) is 0 Å². The van der Waals surface area contributed by atoms with Crippen LogP contribution in [0, 0.1) is 0 Å². The highest BCUT2D eigenvalue weighted by Crippen LogP contribution is 2.32. The van der Waals surface area contributed by atoms with Crippen molar-refractivity contribution in [2.75, 3.05) is 12.3 Å². The van der Waals surface area contributed by atoms with Gasteiger partial charge in [0.1, 0.15) is 5.75 Å². The van der Waals surface area contributed by atoms with Crippen molar-refractivity contribution in [2.45, 2.75) is 6.92 Å². The van der Waals surface area contributed by atoms with Gasteiger partial charge in [-0.05, 0) is 19.1 Å². The second-order valence-electron chi connectivity index (χ2n) is 3.39. The molecule has 0 atom stereocenters. The van der Waals surface area contributed by atoms with Crippen molar-refractivity contribution < 1.29 is 4.74 Å². The average molecular weight is 214 g/mol. The molecule has 82 valence electrons. The quantitative estimate of drug-likeness (QED) is 0.854. The third-order valence-corrected chi connectivity index (χ3v) is 2.33. The van der Waals surface area contributed by atoms with Gasteiger partial charge in [0.05, 0.1) is 6.61 Å². The van der Waals surface area contributed by atoms with E-state index in [1.807, 2.05) is 31.2 Å². The van der Waals surface area contributed by atoms with Gasteiger partial charge in [-0.2, -0.15) is 0 Å².